The van der Waals surface area contributed by atoms with Crippen molar-refractivity contribution in [3.8, 4) is 0 Å². The molecule has 0 fully saturated rings. The van der Waals surface area contributed by atoms with Gasteiger partial charge in [-0.25, -0.2) is 0 Å². The van der Waals surface area contributed by atoms with Crippen LogP contribution in [0.15, 0.2) is 18.3 Å². The molecule has 1 nitrogen and oxygen atoms in total. The van der Waals surface area contributed by atoms with E-state index in [4.69, 9.17) is 11.6 Å². The van der Waals surface area contributed by atoms with E-state index in [1.54, 1.807) is 0 Å². The van der Waals surface area contributed by atoms with E-state index in [0.29, 0.717) is 0 Å². The average Bonchev–Trinajstić information content (AvgIpc) is 2.46. The van der Waals surface area contributed by atoms with E-state index in [1.807, 2.05) is 6.07 Å². The van der Waals surface area contributed by atoms with Crippen molar-refractivity contribution in [3.05, 3.63) is 34.5 Å². The minimum atomic E-state index is 0.931. The van der Waals surface area contributed by atoms with Gasteiger partial charge in [0.2, 0.25) is 0 Å². The molecule has 0 unspecified atom stereocenters. The van der Waals surface area contributed by atoms with Crippen LogP contribution in [0, 0.1) is 0 Å². The molecule has 0 aliphatic heterocycles. The SMILES string of the molecule is Clc1ccc2[nH]cc3c2c1CCCC3. The minimum absolute atomic E-state index is 0.931. The number of aromatic amines is 1. The lowest BCUT2D eigenvalue weighted by Crippen LogP contribution is -1.85. The fourth-order valence-corrected chi connectivity index (χ4v) is 2.66. The highest BCUT2D eigenvalue weighted by atomic mass is 35.5. The van der Waals surface area contributed by atoms with Crippen LogP contribution in [0.4, 0.5) is 0 Å². The fourth-order valence-electron chi connectivity index (χ4n) is 2.41. The molecular weight excluding hydrogens is 194 g/mol. The number of halogens is 1. The molecule has 2 aromatic rings. The van der Waals surface area contributed by atoms with Crippen LogP contribution >= 0.6 is 11.6 Å². The molecule has 3 rings (SSSR count). The number of rotatable bonds is 0. The summed E-state index contributed by atoms with van der Waals surface area (Å²) in [6, 6.07) is 4.08. The van der Waals surface area contributed by atoms with E-state index < -0.39 is 0 Å². The first kappa shape index (κ1) is 8.37. The Morgan fingerprint density at radius 3 is 2.93 bits per heavy atom. The third-order valence-electron chi connectivity index (χ3n) is 3.10. The second-order valence-corrected chi connectivity index (χ2v) is 4.38. The van der Waals surface area contributed by atoms with Gasteiger partial charge in [-0.3, -0.25) is 0 Å². The van der Waals surface area contributed by atoms with Crippen LogP contribution in [0.1, 0.15) is 24.0 Å². The predicted molar refractivity (Wildman–Crippen MR) is 60.0 cm³/mol. The minimum Gasteiger partial charge on any atom is -0.361 e. The molecule has 1 N–H and O–H groups in total. The molecule has 0 atom stereocenters. The van der Waals surface area contributed by atoms with Gasteiger partial charge in [0.1, 0.15) is 0 Å². The van der Waals surface area contributed by atoms with Crippen molar-refractivity contribution in [2.45, 2.75) is 25.7 Å². The number of H-pyrrole nitrogens is 1. The third kappa shape index (κ3) is 1.09. The van der Waals surface area contributed by atoms with Crippen LogP contribution in [0.5, 0.6) is 0 Å². The van der Waals surface area contributed by atoms with Crippen molar-refractivity contribution in [1.29, 1.82) is 0 Å². The van der Waals surface area contributed by atoms with Crippen molar-refractivity contribution in [2.24, 2.45) is 0 Å². The van der Waals surface area contributed by atoms with Gasteiger partial charge in [-0.15, -0.1) is 0 Å². The van der Waals surface area contributed by atoms with Gasteiger partial charge in [-0.2, -0.15) is 0 Å². The second-order valence-electron chi connectivity index (χ2n) is 3.97. The summed E-state index contributed by atoms with van der Waals surface area (Å²) in [6.45, 7) is 0. The third-order valence-corrected chi connectivity index (χ3v) is 3.46. The van der Waals surface area contributed by atoms with Gasteiger partial charge in [-0.05, 0) is 48.9 Å². The maximum absolute atomic E-state index is 6.22. The monoisotopic (exact) mass is 205 g/mol. The number of hydrogen-bond donors (Lipinski definition) is 1. The van der Waals surface area contributed by atoms with Crippen LogP contribution in [0.3, 0.4) is 0 Å². The van der Waals surface area contributed by atoms with Crippen LogP contribution in [-0.4, -0.2) is 4.98 Å². The summed E-state index contributed by atoms with van der Waals surface area (Å²) in [7, 11) is 0. The molecule has 14 heavy (non-hydrogen) atoms. The van der Waals surface area contributed by atoms with Gasteiger partial charge in [-0.1, -0.05) is 11.6 Å². The molecule has 0 amide bonds. The first-order chi connectivity index (χ1) is 6.86. The maximum atomic E-state index is 6.22. The smallest absolute Gasteiger partial charge is 0.0460 e. The normalized spacial score (nSPS) is 15.8. The van der Waals surface area contributed by atoms with Gasteiger partial charge in [0.15, 0.2) is 0 Å². The number of aromatic nitrogens is 1. The van der Waals surface area contributed by atoms with Crippen LogP contribution in [0.2, 0.25) is 5.02 Å². The molecule has 0 bridgehead atoms. The van der Waals surface area contributed by atoms with E-state index in [-0.39, 0.29) is 0 Å². The lowest BCUT2D eigenvalue weighted by molar-refractivity contribution is 0.752. The first-order valence-corrected chi connectivity index (χ1v) is 5.51. The zero-order chi connectivity index (χ0) is 9.54. The van der Waals surface area contributed by atoms with Crippen molar-refractivity contribution in [3.63, 3.8) is 0 Å². The number of aryl methyl sites for hydroxylation is 2. The van der Waals surface area contributed by atoms with E-state index in [9.17, 15) is 0 Å². The summed E-state index contributed by atoms with van der Waals surface area (Å²) >= 11 is 6.22. The summed E-state index contributed by atoms with van der Waals surface area (Å²) in [4.78, 5) is 3.32. The zero-order valence-electron chi connectivity index (χ0n) is 7.94. The second kappa shape index (κ2) is 3.03. The fraction of sp³-hybridized carbons (Fsp3) is 0.333. The summed E-state index contributed by atoms with van der Waals surface area (Å²) in [5.41, 5.74) is 4.02. The maximum Gasteiger partial charge on any atom is 0.0460 e. The Morgan fingerprint density at radius 2 is 2.00 bits per heavy atom. The van der Waals surface area contributed by atoms with Crippen molar-refractivity contribution >= 4 is 22.5 Å². The van der Waals surface area contributed by atoms with Crippen molar-refractivity contribution in [2.75, 3.05) is 0 Å². The molecule has 0 radical (unpaired) electrons. The van der Waals surface area contributed by atoms with Crippen LogP contribution < -0.4 is 0 Å². The highest BCUT2D eigenvalue weighted by Crippen LogP contribution is 2.33. The lowest BCUT2D eigenvalue weighted by atomic mass is 10.1. The molecule has 1 aliphatic carbocycles. The quantitative estimate of drug-likeness (QED) is 0.675. The molecule has 1 heterocycles. The number of benzene rings is 1. The zero-order valence-corrected chi connectivity index (χ0v) is 8.69. The van der Waals surface area contributed by atoms with E-state index >= 15 is 0 Å². The summed E-state index contributed by atoms with van der Waals surface area (Å²) in [5, 5.41) is 2.32. The summed E-state index contributed by atoms with van der Waals surface area (Å²) < 4.78 is 0. The summed E-state index contributed by atoms with van der Waals surface area (Å²) in [5.74, 6) is 0. The highest BCUT2D eigenvalue weighted by Gasteiger charge is 2.14. The molecule has 0 saturated heterocycles. The lowest BCUT2D eigenvalue weighted by Gasteiger charge is -2.03. The topological polar surface area (TPSA) is 15.8 Å². The van der Waals surface area contributed by atoms with E-state index in [0.717, 1.165) is 11.4 Å². The van der Waals surface area contributed by atoms with E-state index in [1.165, 1.54) is 41.3 Å². The summed E-state index contributed by atoms with van der Waals surface area (Å²) in [6.07, 6.45) is 6.98. The largest absolute Gasteiger partial charge is 0.361 e. The highest BCUT2D eigenvalue weighted by molar-refractivity contribution is 6.32. The standard InChI is InChI=1S/C12H12ClN/c13-10-5-6-11-12-8(7-14-11)3-1-2-4-9(10)12/h5-7,14H,1-4H2. The van der Waals surface area contributed by atoms with Gasteiger partial charge < -0.3 is 4.98 Å². The Labute approximate surface area is 88.1 Å². The van der Waals surface area contributed by atoms with Crippen molar-refractivity contribution in [1.82, 2.24) is 4.98 Å². The molecular formula is C12H12ClN. The Morgan fingerprint density at radius 1 is 1.14 bits per heavy atom. The predicted octanol–water partition coefficient (Wildman–Crippen LogP) is 3.70. The molecule has 2 heteroatoms. The van der Waals surface area contributed by atoms with Crippen LogP contribution in [0.25, 0.3) is 10.9 Å². The number of hydrogen-bond acceptors (Lipinski definition) is 0. The molecule has 0 saturated carbocycles. The van der Waals surface area contributed by atoms with Gasteiger partial charge in [0, 0.05) is 22.1 Å². The Balaban J connectivity index is 2.42. The van der Waals surface area contributed by atoms with Gasteiger partial charge in [0.05, 0.1) is 0 Å². The molecule has 1 aliphatic rings. The molecule has 1 aromatic heterocycles. The van der Waals surface area contributed by atoms with E-state index in [2.05, 4.69) is 17.2 Å². The average molecular weight is 206 g/mol. The Hall–Kier alpha value is -0.950. The van der Waals surface area contributed by atoms with Crippen molar-refractivity contribution < 1.29 is 0 Å². The Bertz CT molecular complexity index is 484. The van der Waals surface area contributed by atoms with Crippen LogP contribution in [-0.2, 0) is 12.8 Å². The number of nitrogens with one attached hydrogen (secondary N) is 1. The first-order valence-electron chi connectivity index (χ1n) is 5.13. The molecule has 72 valence electrons. The van der Waals surface area contributed by atoms with Gasteiger partial charge in [0.25, 0.3) is 0 Å². The van der Waals surface area contributed by atoms with Gasteiger partial charge >= 0.3 is 0 Å². The Kier molecular flexibility index (Phi) is 1.81. The molecule has 0 spiro atoms. The molecule has 1 aromatic carbocycles.